The van der Waals surface area contributed by atoms with Crippen molar-refractivity contribution in [3.05, 3.63) is 0 Å². The monoisotopic (exact) mass is 210 g/mol. The molecule has 2 heteroatoms. The van der Waals surface area contributed by atoms with Crippen LogP contribution in [0.4, 0.5) is 0 Å². The predicted molar refractivity (Wildman–Crippen MR) is 64.8 cm³/mol. The average Bonchev–Trinajstić information content (AvgIpc) is 3.09. The summed E-state index contributed by atoms with van der Waals surface area (Å²) in [7, 11) is 0. The van der Waals surface area contributed by atoms with Crippen molar-refractivity contribution in [3.8, 4) is 0 Å². The van der Waals surface area contributed by atoms with E-state index < -0.39 is 0 Å². The van der Waals surface area contributed by atoms with Gasteiger partial charge in [-0.3, -0.25) is 0 Å². The van der Waals surface area contributed by atoms with Gasteiger partial charge in [-0.1, -0.05) is 19.3 Å². The Bertz CT molecular complexity index is 171. The van der Waals surface area contributed by atoms with Crippen molar-refractivity contribution in [2.75, 3.05) is 19.6 Å². The van der Waals surface area contributed by atoms with Crippen LogP contribution in [0.5, 0.6) is 0 Å². The Balaban J connectivity index is 1.72. The van der Waals surface area contributed by atoms with Crippen LogP contribution in [0.15, 0.2) is 0 Å². The lowest BCUT2D eigenvalue weighted by Gasteiger charge is -2.29. The van der Waals surface area contributed by atoms with Crippen LogP contribution in [-0.2, 0) is 0 Å². The molecule has 0 spiro atoms. The summed E-state index contributed by atoms with van der Waals surface area (Å²) < 4.78 is 0. The summed E-state index contributed by atoms with van der Waals surface area (Å²) in [6.07, 6.45) is 11.4. The first-order valence-corrected chi connectivity index (χ1v) is 6.84. The second-order valence-electron chi connectivity index (χ2n) is 5.37. The summed E-state index contributed by atoms with van der Waals surface area (Å²) in [5, 5.41) is 0. The third-order valence-corrected chi connectivity index (χ3v) is 3.93. The molecule has 0 saturated heterocycles. The van der Waals surface area contributed by atoms with E-state index in [9.17, 15) is 0 Å². The van der Waals surface area contributed by atoms with Crippen molar-refractivity contribution < 1.29 is 0 Å². The van der Waals surface area contributed by atoms with Gasteiger partial charge in [-0.05, 0) is 51.1 Å². The van der Waals surface area contributed by atoms with Crippen molar-refractivity contribution in [1.29, 1.82) is 0 Å². The van der Waals surface area contributed by atoms with E-state index in [1.165, 1.54) is 64.5 Å². The molecule has 0 radical (unpaired) electrons. The van der Waals surface area contributed by atoms with Crippen LogP contribution in [0.25, 0.3) is 0 Å². The Morgan fingerprint density at radius 2 is 1.73 bits per heavy atom. The molecule has 2 rings (SSSR count). The highest BCUT2D eigenvalue weighted by Gasteiger charge is 2.30. The molecule has 2 saturated carbocycles. The van der Waals surface area contributed by atoms with Gasteiger partial charge in [0.1, 0.15) is 0 Å². The van der Waals surface area contributed by atoms with Gasteiger partial charge >= 0.3 is 0 Å². The maximum Gasteiger partial charge on any atom is 0.00965 e. The maximum absolute atomic E-state index is 5.60. The highest BCUT2D eigenvalue weighted by molar-refractivity contribution is 4.86. The number of hydrogen-bond acceptors (Lipinski definition) is 2. The summed E-state index contributed by atoms with van der Waals surface area (Å²) in [6.45, 7) is 3.47. The minimum absolute atomic E-state index is 0.855. The summed E-state index contributed by atoms with van der Waals surface area (Å²) in [5.41, 5.74) is 5.60. The van der Waals surface area contributed by atoms with Crippen LogP contribution in [0.1, 0.15) is 51.4 Å². The molecule has 0 aromatic carbocycles. The van der Waals surface area contributed by atoms with Gasteiger partial charge in [0.2, 0.25) is 0 Å². The van der Waals surface area contributed by atoms with E-state index >= 15 is 0 Å². The quantitative estimate of drug-likeness (QED) is 0.729. The molecule has 0 atom stereocenters. The van der Waals surface area contributed by atoms with Crippen molar-refractivity contribution in [2.24, 2.45) is 11.7 Å². The second kappa shape index (κ2) is 5.86. The molecule has 15 heavy (non-hydrogen) atoms. The molecule has 0 amide bonds. The summed E-state index contributed by atoms with van der Waals surface area (Å²) in [5.74, 6) is 0.997. The molecular weight excluding hydrogens is 184 g/mol. The van der Waals surface area contributed by atoms with Gasteiger partial charge in [-0.2, -0.15) is 0 Å². The van der Waals surface area contributed by atoms with Gasteiger partial charge in [0.15, 0.2) is 0 Å². The summed E-state index contributed by atoms with van der Waals surface area (Å²) in [4.78, 5) is 2.73. The van der Waals surface area contributed by atoms with E-state index in [2.05, 4.69) is 4.90 Å². The third-order valence-electron chi connectivity index (χ3n) is 3.93. The molecule has 0 bridgehead atoms. The molecule has 88 valence electrons. The van der Waals surface area contributed by atoms with E-state index in [1.807, 2.05) is 0 Å². The lowest BCUT2D eigenvalue weighted by Crippen LogP contribution is -2.34. The smallest absolute Gasteiger partial charge is 0.00965 e. The zero-order chi connectivity index (χ0) is 10.5. The molecule has 0 heterocycles. The van der Waals surface area contributed by atoms with E-state index in [1.54, 1.807) is 0 Å². The van der Waals surface area contributed by atoms with E-state index in [4.69, 9.17) is 5.73 Å². The molecule has 2 fully saturated rings. The predicted octanol–water partition coefficient (Wildman–Crippen LogP) is 2.38. The van der Waals surface area contributed by atoms with Crippen molar-refractivity contribution in [2.45, 2.75) is 57.4 Å². The Morgan fingerprint density at radius 3 is 2.33 bits per heavy atom. The van der Waals surface area contributed by atoms with Crippen LogP contribution < -0.4 is 5.73 Å². The van der Waals surface area contributed by atoms with Crippen molar-refractivity contribution >= 4 is 0 Å². The first kappa shape index (κ1) is 11.4. The van der Waals surface area contributed by atoms with Crippen LogP contribution in [0, 0.1) is 5.92 Å². The van der Waals surface area contributed by atoms with Gasteiger partial charge in [-0.25, -0.2) is 0 Å². The minimum atomic E-state index is 0.855. The lowest BCUT2D eigenvalue weighted by atomic mass is 9.89. The third kappa shape index (κ3) is 3.76. The topological polar surface area (TPSA) is 29.3 Å². The molecule has 0 aromatic heterocycles. The fourth-order valence-electron chi connectivity index (χ4n) is 2.86. The van der Waals surface area contributed by atoms with Gasteiger partial charge < -0.3 is 10.6 Å². The highest BCUT2D eigenvalue weighted by Crippen LogP contribution is 2.31. The summed E-state index contributed by atoms with van der Waals surface area (Å²) >= 11 is 0. The Morgan fingerprint density at radius 1 is 1.00 bits per heavy atom. The number of rotatable bonds is 6. The number of hydrogen-bond donors (Lipinski definition) is 1. The maximum atomic E-state index is 5.60. The Labute approximate surface area is 94.2 Å². The number of nitrogens with zero attached hydrogens (tertiary/aromatic N) is 1. The van der Waals surface area contributed by atoms with E-state index in [0.29, 0.717) is 0 Å². The minimum Gasteiger partial charge on any atom is -0.330 e. The average molecular weight is 210 g/mol. The van der Waals surface area contributed by atoms with Crippen molar-refractivity contribution in [1.82, 2.24) is 4.90 Å². The standard InChI is InChI=1S/C13H26N2/c14-9-4-10-15(13-7-8-13)11-12-5-2-1-3-6-12/h12-13H,1-11,14H2. The Hall–Kier alpha value is -0.0800. The van der Waals surface area contributed by atoms with Crippen LogP contribution in [0.3, 0.4) is 0 Å². The summed E-state index contributed by atoms with van der Waals surface area (Å²) in [6, 6.07) is 0.929. The molecule has 0 aromatic rings. The van der Waals surface area contributed by atoms with Gasteiger partial charge in [0, 0.05) is 12.6 Å². The molecule has 2 aliphatic carbocycles. The molecule has 0 aliphatic heterocycles. The highest BCUT2D eigenvalue weighted by atomic mass is 15.2. The second-order valence-corrected chi connectivity index (χ2v) is 5.37. The van der Waals surface area contributed by atoms with Crippen molar-refractivity contribution in [3.63, 3.8) is 0 Å². The molecule has 2 nitrogen and oxygen atoms in total. The zero-order valence-electron chi connectivity index (χ0n) is 9.96. The normalized spacial score (nSPS) is 23.6. The SMILES string of the molecule is NCCCN(CC1CCCCC1)C1CC1. The van der Waals surface area contributed by atoms with Gasteiger partial charge in [-0.15, -0.1) is 0 Å². The largest absolute Gasteiger partial charge is 0.330 e. The fraction of sp³-hybridized carbons (Fsp3) is 1.00. The van der Waals surface area contributed by atoms with Crippen LogP contribution in [-0.4, -0.2) is 30.6 Å². The number of nitrogens with two attached hydrogens (primary N) is 1. The van der Waals surface area contributed by atoms with Gasteiger partial charge in [0.05, 0.1) is 0 Å². The van der Waals surface area contributed by atoms with Crippen LogP contribution >= 0.6 is 0 Å². The molecular formula is C13H26N2. The van der Waals surface area contributed by atoms with Gasteiger partial charge in [0.25, 0.3) is 0 Å². The molecule has 2 N–H and O–H groups in total. The molecule has 2 aliphatic rings. The molecule has 0 unspecified atom stereocenters. The van der Waals surface area contributed by atoms with E-state index in [0.717, 1.165) is 18.5 Å². The zero-order valence-corrected chi connectivity index (χ0v) is 9.96. The van der Waals surface area contributed by atoms with E-state index in [-0.39, 0.29) is 0 Å². The Kier molecular flexibility index (Phi) is 4.45. The fourth-order valence-corrected chi connectivity index (χ4v) is 2.86. The lowest BCUT2D eigenvalue weighted by molar-refractivity contribution is 0.192. The first-order valence-electron chi connectivity index (χ1n) is 6.84. The van der Waals surface area contributed by atoms with Crippen LogP contribution in [0.2, 0.25) is 0 Å². The first-order chi connectivity index (χ1) is 7.40.